The molecule has 1 spiro atoms. The molecular formula is C35H40ClN7O3. The van der Waals surface area contributed by atoms with Crippen LogP contribution in [0.15, 0.2) is 42.7 Å². The first-order valence-corrected chi connectivity index (χ1v) is 16.6. The van der Waals surface area contributed by atoms with Crippen LogP contribution in [-0.4, -0.2) is 65.4 Å². The molecule has 0 N–H and O–H groups in total. The summed E-state index contributed by atoms with van der Waals surface area (Å²) in [6.07, 6.45) is 8.61. The van der Waals surface area contributed by atoms with Crippen molar-refractivity contribution < 1.29 is 14.3 Å². The second-order valence-electron chi connectivity index (χ2n) is 14.5. The van der Waals surface area contributed by atoms with Crippen molar-refractivity contribution in [2.24, 2.45) is 19.5 Å². The number of rotatable bonds is 4. The van der Waals surface area contributed by atoms with Crippen LogP contribution < -0.4 is 0 Å². The Morgan fingerprint density at radius 1 is 1.04 bits per heavy atom. The number of imidazole rings is 1. The average molecular weight is 642 g/mol. The summed E-state index contributed by atoms with van der Waals surface area (Å²) in [5.74, 6) is 1.34. The van der Waals surface area contributed by atoms with E-state index < -0.39 is 5.60 Å². The standard InChI is InChI=1S/C35H40ClN7O3/c1-34(2,3)46-33(44)42-19-35(20-42)15-23(16-35)32-39-30(21-9-10-27-22(12-21)17-37-41(27)5)31(40(32)4)25-13-24(36)14-28-26(25)18-38-43(28)29-8-6-7-11-45-29/h9-10,12-14,17-18,23,29H,6-8,11,15-16,19-20H2,1-5H3. The van der Waals surface area contributed by atoms with Gasteiger partial charge in [0.2, 0.25) is 0 Å². The molecule has 46 heavy (non-hydrogen) atoms. The Hall–Kier alpha value is -3.89. The van der Waals surface area contributed by atoms with Crippen molar-refractivity contribution in [2.75, 3.05) is 19.7 Å². The molecule has 11 heteroatoms. The van der Waals surface area contributed by atoms with Gasteiger partial charge in [0.15, 0.2) is 6.23 Å². The molecule has 2 saturated heterocycles. The van der Waals surface area contributed by atoms with Gasteiger partial charge in [-0.3, -0.25) is 4.68 Å². The summed E-state index contributed by atoms with van der Waals surface area (Å²) in [4.78, 5) is 19.8. The van der Waals surface area contributed by atoms with Crippen LogP contribution in [0.2, 0.25) is 5.02 Å². The van der Waals surface area contributed by atoms with E-state index in [9.17, 15) is 4.79 Å². The zero-order valence-electron chi connectivity index (χ0n) is 27.1. The Bertz CT molecular complexity index is 1980. The van der Waals surface area contributed by atoms with Gasteiger partial charge in [-0.15, -0.1) is 0 Å². The lowest BCUT2D eigenvalue weighted by Crippen LogP contribution is -2.63. The molecule has 1 aliphatic carbocycles. The van der Waals surface area contributed by atoms with Crippen LogP contribution in [0, 0.1) is 5.41 Å². The fraction of sp³-hybridized carbons (Fsp3) is 0.486. The number of carbonyl (C=O) groups is 1. The Kier molecular flexibility index (Phi) is 6.78. The molecular weight excluding hydrogens is 602 g/mol. The maximum atomic E-state index is 12.6. The van der Waals surface area contributed by atoms with Crippen LogP contribution in [0.5, 0.6) is 0 Å². The average Bonchev–Trinajstić information content (AvgIpc) is 3.66. The Balaban J connectivity index is 1.18. The highest BCUT2D eigenvalue weighted by atomic mass is 35.5. The van der Waals surface area contributed by atoms with E-state index in [2.05, 4.69) is 34.9 Å². The largest absolute Gasteiger partial charge is 0.444 e. The van der Waals surface area contributed by atoms with Crippen molar-refractivity contribution in [3.63, 3.8) is 0 Å². The van der Waals surface area contributed by atoms with E-state index in [-0.39, 0.29) is 23.7 Å². The number of benzene rings is 2. The third-order valence-corrected chi connectivity index (χ3v) is 10.2. The highest BCUT2D eigenvalue weighted by Crippen LogP contribution is 2.57. The van der Waals surface area contributed by atoms with E-state index in [4.69, 9.17) is 31.2 Å². The highest BCUT2D eigenvalue weighted by Gasteiger charge is 2.55. The van der Waals surface area contributed by atoms with Gasteiger partial charge in [-0.1, -0.05) is 17.7 Å². The lowest BCUT2D eigenvalue weighted by Gasteiger charge is -2.58. The van der Waals surface area contributed by atoms with Crippen LogP contribution in [0.1, 0.15) is 70.8 Å². The Labute approximate surface area is 273 Å². The van der Waals surface area contributed by atoms with E-state index in [1.54, 1.807) is 0 Å². The smallest absolute Gasteiger partial charge is 0.410 e. The minimum atomic E-state index is -0.494. The maximum absolute atomic E-state index is 12.6. The number of halogens is 1. The Morgan fingerprint density at radius 3 is 2.59 bits per heavy atom. The zero-order chi connectivity index (χ0) is 32.0. The second-order valence-corrected chi connectivity index (χ2v) is 14.9. The predicted octanol–water partition coefficient (Wildman–Crippen LogP) is 7.46. The number of fused-ring (bicyclic) bond motifs is 2. The van der Waals surface area contributed by atoms with Gasteiger partial charge >= 0.3 is 6.09 Å². The maximum Gasteiger partial charge on any atom is 0.410 e. The van der Waals surface area contributed by atoms with Crippen LogP contribution in [0.4, 0.5) is 4.79 Å². The first-order chi connectivity index (χ1) is 22.0. The van der Waals surface area contributed by atoms with E-state index in [1.165, 1.54) is 0 Å². The molecule has 1 amide bonds. The molecule has 2 aliphatic heterocycles. The lowest BCUT2D eigenvalue weighted by molar-refractivity contribution is -0.0800. The zero-order valence-corrected chi connectivity index (χ0v) is 27.8. The summed E-state index contributed by atoms with van der Waals surface area (Å²) in [5, 5.41) is 12.0. The molecule has 1 unspecified atom stereocenters. The molecule has 8 rings (SSSR count). The molecule has 2 aromatic carbocycles. The summed E-state index contributed by atoms with van der Waals surface area (Å²) < 4.78 is 17.9. The summed E-state index contributed by atoms with van der Waals surface area (Å²) >= 11 is 6.86. The van der Waals surface area contributed by atoms with Gasteiger partial charge < -0.3 is 18.9 Å². The number of aromatic nitrogens is 6. The summed E-state index contributed by atoms with van der Waals surface area (Å²) in [5.41, 5.74) is 5.63. The number of nitrogens with zero attached hydrogens (tertiary/aromatic N) is 7. The first kappa shape index (κ1) is 29.5. The van der Waals surface area contributed by atoms with E-state index in [0.717, 1.165) is 102 Å². The van der Waals surface area contributed by atoms with Crippen molar-refractivity contribution in [3.05, 3.63) is 53.6 Å². The number of hydrogen-bond donors (Lipinski definition) is 0. The molecule has 0 radical (unpaired) electrons. The molecule has 3 fully saturated rings. The van der Waals surface area contributed by atoms with Gasteiger partial charge in [0.25, 0.3) is 0 Å². The molecule has 10 nitrogen and oxygen atoms in total. The van der Waals surface area contributed by atoms with Crippen LogP contribution >= 0.6 is 11.6 Å². The number of carbonyl (C=O) groups excluding carboxylic acids is 1. The monoisotopic (exact) mass is 641 g/mol. The van der Waals surface area contributed by atoms with Gasteiger partial charge in [0.1, 0.15) is 11.4 Å². The molecule has 3 aliphatic rings. The minimum Gasteiger partial charge on any atom is -0.444 e. The fourth-order valence-electron chi connectivity index (χ4n) is 7.80. The fourth-order valence-corrected chi connectivity index (χ4v) is 8.01. The van der Waals surface area contributed by atoms with Crippen LogP contribution in [-0.2, 0) is 23.6 Å². The molecule has 0 bridgehead atoms. The van der Waals surface area contributed by atoms with E-state index in [0.29, 0.717) is 5.02 Å². The topological polar surface area (TPSA) is 92.2 Å². The van der Waals surface area contributed by atoms with E-state index >= 15 is 0 Å². The quantitative estimate of drug-likeness (QED) is 0.202. The summed E-state index contributed by atoms with van der Waals surface area (Å²) in [6, 6.07) is 10.4. The van der Waals surface area contributed by atoms with Crippen molar-refractivity contribution in [1.29, 1.82) is 0 Å². The predicted molar refractivity (Wildman–Crippen MR) is 178 cm³/mol. The third-order valence-electron chi connectivity index (χ3n) is 9.94. The van der Waals surface area contributed by atoms with Gasteiger partial charge in [-0.2, -0.15) is 10.2 Å². The van der Waals surface area contributed by atoms with Crippen LogP contribution in [0.25, 0.3) is 44.3 Å². The second kappa shape index (κ2) is 10.6. The third kappa shape index (κ3) is 4.88. The molecule has 1 saturated carbocycles. The molecule has 5 aromatic rings. The summed E-state index contributed by atoms with van der Waals surface area (Å²) in [7, 11) is 4.07. The molecule has 1 atom stereocenters. The van der Waals surface area contributed by atoms with Gasteiger partial charge in [0, 0.05) is 72.0 Å². The molecule has 3 aromatic heterocycles. The normalized spacial score (nSPS) is 20.0. The highest BCUT2D eigenvalue weighted by molar-refractivity contribution is 6.32. The van der Waals surface area contributed by atoms with Crippen molar-refractivity contribution in [1.82, 2.24) is 34.0 Å². The van der Waals surface area contributed by atoms with Crippen molar-refractivity contribution >= 4 is 39.5 Å². The van der Waals surface area contributed by atoms with E-state index in [1.807, 2.05) is 66.6 Å². The summed E-state index contributed by atoms with van der Waals surface area (Å²) in [6.45, 7) is 7.93. The number of hydrogen-bond acceptors (Lipinski definition) is 6. The minimum absolute atomic E-state index is 0.0963. The van der Waals surface area contributed by atoms with Gasteiger partial charge in [-0.25, -0.2) is 14.5 Å². The number of likely N-dealkylation sites (tertiary alicyclic amines) is 1. The lowest BCUT2D eigenvalue weighted by atomic mass is 9.57. The molecule has 5 heterocycles. The first-order valence-electron chi connectivity index (χ1n) is 16.2. The molecule has 240 valence electrons. The number of amides is 1. The Morgan fingerprint density at radius 2 is 1.85 bits per heavy atom. The van der Waals surface area contributed by atoms with Crippen molar-refractivity contribution in [2.45, 2.75) is 70.6 Å². The van der Waals surface area contributed by atoms with Gasteiger partial charge in [0.05, 0.1) is 34.8 Å². The number of aryl methyl sites for hydroxylation is 1. The SMILES string of the molecule is Cn1c(C2CC3(C2)CN(C(=O)OC(C)(C)C)C3)nc(-c2ccc3c(cnn3C)c2)c1-c1cc(Cl)cc2c1cnn2C1CCCCO1. The van der Waals surface area contributed by atoms with Gasteiger partial charge in [-0.05, 0) is 77.1 Å². The number of ether oxygens (including phenoxy) is 2. The van der Waals surface area contributed by atoms with Crippen LogP contribution in [0.3, 0.4) is 0 Å². The van der Waals surface area contributed by atoms with Crippen molar-refractivity contribution in [3.8, 4) is 22.5 Å².